The minimum atomic E-state index is -1.07. The maximum Gasteiger partial charge on any atom is 0.326 e. The van der Waals surface area contributed by atoms with E-state index in [4.69, 9.17) is 10.4 Å². The van der Waals surface area contributed by atoms with Gasteiger partial charge < -0.3 is 10.4 Å². The second-order valence-corrected chi connectivity index (χ2v) is 4.09. The lowest BCUT2D eigenvalue weighted by Gasteiger charge is -2.13. The summed E-state index contributed by atoms with van der Waals surface area (Å²) in [5, 5.41) is 20.1. The van der Waals surface area contributed by atoms with Crippen LogP contribution in [0.3, 0.4) is 0 Å². The normalized spacial score (nSPS) is 11.4. The summed E-state index contributed by atoms with van der Waals surface area (Å²) in [6.07, 6.45) is 1.01. The highest BCUT2D eigenvalue weighted by Crippen LogP contribution is 2.06. The largest absolute Gasteiger partial charge is 0.480 e. The van der Waals surface area contributed by atoms with Crippen molar-refractivity contribution < 1.29 is 14.7 Å². The summed E-state index contributed by atoms with van der Waals surface area (Å²) in [6, 6.07) is 3.93. The molecule has 0 radical (unpaired) electrons. The fourth-order valence-electron chi connectivity index (χ4n) is 1.58. The zero-order valence-corrected chi connectivity index (χ0v) is 10.8. The number of amides is 1. The molecule has 0 bridgehead atoms. The Morgan fingerprint density at radius 1 is 1.53 bits per heavy atom. The molecule has 1 aromatic rings. The smallest absolute Gasteiger partial charge is 0.326 e. The van der Waals surface area contributed by atoms with Crippen molar-refractivity contribution in [2.24, 2.45) is 0 Å². The van der Waals surface area contributed by atoms with Gasteiger partial charge in [-0.3, -0.25) is 4.79 Å². The lowest BCUT2D eigenvalue weighted by atomic mass is 10.1. The van der Waals surface area contributed by atoms with E-state index in [2.05, 4.69) is 10.3 Å². The monoisotopic (exact) mass is 261 g/mol. The average molecular weight is 261 g/mol. The highest BCUT2D eigenvalue weighted by atomic mass is 16.4. The molecule has 0 aliphatic rings. The van der Waals surface area contributed by atoms with Gasteiger partial charge in [0.25, 0.3) is 5.91 Å². The third-order valence-electron chi connectivity index (χ3n) is 2.62. The number of aliphatic carboxylic acids is 1. The van der Waals surface area contributed by atoms with Crippen LogP contribution in [0.1, 0.15) is 41.5 Å². The number of nitrogens with zero attached hydrogens (tertiary/aromatic N) is 2. The standard InChI is InChI=1S/C13H15N3O3/c1-3-4-11(13(18)19)16-12(17)10-6-5-9(7-14)8(2)15-10/h5-6,11H,3-4H2,1-2H3,(H,16,17)(H,18,19). The predicted molar refractivity (Wildman–Crippen MR) is 67.5 cm³/mol. The van der Waals surface area contributed by atoms with Crippen LogP contribution in [-0.2, 0) is 4.79 Å². The number of hydrogen-bond acceptors (Lipinski definition) is 4. The number of hydrogen-bond donors (Lipinski definition) is 2. The van der Waals surface area contributed by atoms with Gasteiger partial charge in [0.2, 0.25) is 0 Å². The van der Waals surface area contributed by atoms with Crippen molar-refractivity contribution in [2.45, 2.75) is 32.7 Å². The highest BCUT2D eigenvalue weighted by Gasteiger charge is 2.20. The first kappa shape index (κ1) is 14.6. The first-order valence-electron chi connectivity index (χ1n) is 5.91. The Balaban J connectivity index is 2.86. The summed E-state index contributed by atoms with van der Waals surface area (Å²) in [7, 11) is 0. The summed E-state index contributed by atoms with van der Waals surface area (Å²) in [6.45, 7) is 3.46. The van der Waals surface area contributed by atoms with E-state index in [-0.39, 0.29) is 5.69 Å². The number of carbonyl (C=O) groups excluding carboxylic acids is 1. The van der Waals surface area contributed by atoms with Crippen LogP contribution in [0.25, 0.3) is 0 Å². The van der Waals surface area contributed by atoms with Crippen LogP contribution in [-0.4, -0.2) is 28.0 Å². The van der Waals surface area contributed by atoms with Crippen molar-refractivity contribution in [2.75, 3.05) is 0 Å². The van der Waals surface area contributed by atoms with Crippen LogP contribution in [0.5, 0.6) is 0 Å². The van der Waals surface area contributed by atoms with Gasteiger partial charge >= 0.3 is 5.97 Å². The van der Waals surface area contributed by atoms with Crippen LogP contribution < -0.4 is 5.32 Å². The molecule has 0 aliphatic carbocycles. The van der Waals surface area contributed by atoms with E-state index in [0.717, 1.165) is 0 Å². The number of aryl methyl sites for hydroxylation is 1. The first-order chi connectivity index (χ1) is 8.99. The molecule has 1 atom stereocenters. The van der Waals surface area contributed by atoms with Crippen LogP contribution in [0.2, 0.25) is 0 Å². The number of aromatic nitrogens is 1. The number of rotatable bonds is 5. The molecule has 2 N–H and O–H groups in total. The molecule has 1 aromatic heterocycles. The zero-order chi connectivity index (χ0) is 14.4. The molecule has 1 unspecified atom stereocenters. The number of carboxylic acid groups (broad SMARTS) is 1. The molecule has 6 nitrogen and oxygen atoms in total. The maximum absolute atomic E-state index is 11.9. The molecule has 0 aliphatic heterocycles. The SMILES string of the molecule is CCCC(NC(=O)c1ccc(C#N)c(C)n1)C(=O)O. The average Bonchev–Trinajstić information content (AvgIpc) is 2.37. The Kier molecular flexibility index (Phi) is 5.01. The molecular formula is C13H15N3O3. The molecule has 0 saturated carbocycles. The summed E-state index contributed by atoms with van der Waals surface area (Å²) in [4.78, 5) is 26.8. The Bertz CT molecular complexity index is 534. The van der Waals surface area contributed by atoms with Gasteiger partial charge in [0.15, 0.2) is 0 Å². The number of nitriles is 1. The Labute approximate surface area is 111 Å². The van der Waals surface area contributed by atoms with Gasteiger partial charge in [-0.25, -0.2) is 9.78 Å². The van der Waals surface area contributed by atoms with Gasteiger partial charge in [0, 0.05) is 0 Å². The molecule has 0 spiro atoms. The van der Waals surface area contributed by atoms with Gasteiger partial charge in [0.05, 0.1) is 11.3 Å². The van der Waals surface area contributed by atoms with Crippen LogP contribution >= 0.6 is 0 Å². The third-order valence-corrected chi connectivity index (χ3v) is 2.62. The molecule has 1 rings (SSSR count). The molecular weight excluding hydrogens is 246 g/mol. The molecule has 19 heavy (non-hydrogen) atoms. The van der Waals surface area contributed by atoms with E-state index in [1.165, 1.54) is 12.1 Å². The van der Waals surface area contributed by atoms with Crippen LogP contribution in [0.15, 0.2) is 12.1 Å². The van der Waals surface area contributed by atoms with Gasteiger partial charge in [-0.2, -0.15) is 5.26 Å². The van der Waals surface area contributed by atoms with E-state index >= 15 is 0 Å². The summed E-state index contributed by atoms with van der Waals surface area (Å²) < 4.78 is 0. The lowest BCUT2D eigenvalue weighted by molar-refractivity contribution is -0.139. The number of nitrogens with one attached hydrogen (secondary N) is 1. The number of pyridine rings is 1. The van der Waals surface area contributed by atoms with Crippen molar-refractivity contribution in [1.29, 1.82) is 5.26 Å². The van der Waals surface area contributed by atoms with Gasteiger partial charge in [-0.15, -0.1) is 0 Å². The van der Waals surface area contributed by atoms with Crippen molar-refractivity contribution >= 4 is 11.9 Å². The first-order valence-corrected chi connectivity index (χ1v) is 5.91. The van der Waals surface area contributed by atoms with Crippen molar-refractivity contribution in [3.8, 4) is 6.07 Å². The molecule has 0 fully saturated rings. The summed E-state index contributed by atoms with van der Waals surface area (Å²) in [5.74, 6) is -1.62. The second kappa shape index (κ2) is 6.50. The molecule has 100 valence electrons. The topological polar surface area (TPSA) is 103 Å². The van der Waals surface area contributed by atoms with Gasteiger partial charge in [0.1, 0.15) is 17.8 Å². The van der Waals surface area contributed by atoms with Crippen LogP contribution in [0, 0.1) is 18.3 Å². The minimum absolute atomic E-state index is 0.110. The Hall–Kier alpha value is -2.42. The van der Waals surface area contributed by atoms with Gasteiger partial charge in [-0.05, 0) is 25.5 Å². The van der Waals surface area contributed by atoms with E-state index in [9.17, 15) is 9.59 Å². The fourth-order valence-corrected chi connectivity index (χ4v) is 1.58. The van der Waals surface area contributed by atoms with Crippen molar-refractivity contribution in [1.82, 2.24) is 10.3 Å². The van der Waals surface area contributed by atoms with E-state index in [1.54, 1.807) is 6.92 Å². The van der Waals surface area contributed by atoms with Gasteiger partial charge in [-0.1, -0.05) is 13.3 Å². The Morgan fingerprint density at radius 3 is 2.68 bits per heavy atom. The third kappa shape index (κ3) is 3.78. The van der Waals surface area contributed by atoms with E-state index in [1.807, 2.05) is 13.0 Å². The zero-order valence-electron chi connectivity index (χ0n) is 10.8. The lowest BCUT2D eigenvalue weighted by Crippen LogP contribution is -2.41. The molecule has 0 aromatic carbocycles. The van der Waals surface area contributed by atoms with Crippen molar-refractivity contribution in [3.05, 3.63) is 29.1 Å². The second-order valence-electron chi connectivity index (χ2n) is 4.09. The molecule has 6 heteroatoms. The maximum atomic E-state index is 11.9. The van der Waals surface area contributed by atoms with Crippen LogP contribution in [0.4, 0.5) is 0 Å². The quantitative estimate of drug-likeness (QED) is 0.830. The van der Waals surface area contributed by atoms with Crippen molar-refractivity contribution in [3.63, 3.8) is 0 Å². The summed E-state index contributed by atoms with van der Waals surface area (Å²) >= 11 is 0. The summed E-state index contributed by atoms with van der Waals surface area (Å²) in [5.41, 5.74) is 0.941. The Morgan fingerprint density at radius 2 is 2.21 bits per heavy atom. The van der Waals surface area contributed by atoms with E-state index in [0.29, 0.717) is 24.1 Å². The molecule has 1 amide bonds. The highest BCUT2D eigenvalue weighted by molar-refractivity contribution is 5.95. The number of carbonyl (C=O) groups is 2. The van der Waals surface area contributed by atoms with E-state index < -0.39 is 17.9 Å². The molecule has 1 heterocycles. The minimum Gasteiger partial charge on any atom is -0.480 e. The predicted octanol–water partition coefficient (Wildman–Crippen LogP) is 1.24. The fraction of sp³-hybridized carbons (Fsp3) is 0.385. The number of carboxylic acids is 1. The molecule has 0 saturated heterocycles.